The van der Waals surface area contributed by atoms with Gasteiger partial charge in [-0.05, 0) is 61.0 Å². The fraction of sp³-hybridized carbons (Fsp3) is 0.583. The Morgan fingerprint density at radius 3 is 2.27 bits per heavy atom. The zero-order valence-corrected chi connectivity index (χ0v) is 21.3. The molecule has 9 heteroatoms. The highest BCUT2D eigenvalue weighted by Gasteiger charge is 2.32. The Morgan fingerprint density at radius 2 is 1.73 bits per heavy atom. The van der Waals surface area contributed by atoms with Gasteiger partial charge in [0.2, 0.25) is 5.96 Å². The quantitative estimate of drug-likeness (QED) is 0.474. The summed E-state index contributed by atoms with van der Waals surface area (Å²) in [5.41, 5.74) is 0.474. The Bertz CT molecular complexity index is 928. The molecule has 0 saturated heterocycles. The van der Waals surface area contributed by atoms with Crippen molar-refractivity contribution in [2.75, 3.05) is 20.4 Å². The van der Waals surface area contributed by atoms with Gasteiger partial charge >= 0.3 is 12.2 Å². The molecule has 0 N–H and O–H groups in total. The van der Waals surface area contributed by atoms with E-state index in [1.165, 1.54) is 4.90 Å². The fourth-order valence-corrected chi connectivity index (χ4v) is 3.03. The highest BCUT2D eigenvalue weighted by Crippen LogP contribution is 2.18. The largest absolute Gasteiger partial charge is 0.443 e. The molecule has 0 aliphatic carbocycles. The third kappa shape index (κ3) is 8.40. The van der Waals surface area contributed by atoms with Crippen molar-refractivity contribution in [1.29, 1.82) is 0 Å². The molecule has 1 aromatic rings. The number of carbonyl (C=O) groups excluding carboxylic acids is 2. The monoisotopic (exact) mass is 459 g/mol. The van der Waals surface area contributed by atoms with Gasteiger partial charge in [-0.3, -0.25) is 4.99 Å². The number of hydrogen-bond acceptors (Lipinski definition) is 6. The third-order valence-corrected chi connectivity index (χ3v) is 4.55. The summed E-state index contributed by atoms with van der Waals surface area (Å²) in [6, 6.07) is 7.80. The van der Waals surface area contributed by atoms with E-state index in [2.05, 4.69) is 9.98 Å². The summed E-state index contributed by atoms with van der Waals surface area (Å²) >= 11 is 0. The summed E-state index contributed by atoms with van der Waals surface area (Å²) in [5.74, 6) is 0.980. The molecule has 0 spiro atoms. The van der Waals surface area contributed by atoms with Crippen molar-refractivity contribution in [2.24, 2.45) is 9.98 Å². The second-order valence-electron chi connectivity index (χ2n) is 10.2. The van der Waals surface area contributed by atoms with Crippen LogP contribution in [-0.4, -0.2) is 70.3 Å². The SMILES string of the molecule is CC1=NCN(C(=NC(=O)OC(C)(C)C)N(Cc2cccc(C)c2)C(=O)OC(C)(C)C)CN1C. The number of aliphatic imine (C=N–C) groups is 2. The van der Waals surface area contributed by atoms with Crippen molar-refractivity contribution >= 4 is 24.0 Å². The van der Waals surface area contributed by atoms with Crippen LogP contribution >= 0.6 is 0 Å². The van der Waals surface area contributed by atoms with Gasteiger partial charge in [-0.1, -0.05) is 29.8 Å². The number of hydrogen-bond donors (Lipinski definition) is 0. The summed E-state index contributed by atoms with van der Waals surface area (Å²) < 4.78 is 11.1. The highest BCUT2D eigenvalue weighted by molar-refractivity contribution is 5.99. The topological polar surface area (TPSA) is 87.0 Å². The number of carbonyl (C=O) groups is 2. The number of amides is 2. The molecule has 9 nitrogen and oxygen atoms in total. The molecule has 2 rings (SSSR count). The summed E-state index contributed by atoms with van der Waals surface area (Å²) in [4.78, 5) is 39.8. The molecule has 0 fully saturated rings. The van der Waals surface area contributed by atoms with Gasteiger partial charge in [0.1, 0.15) is 17.9 Å². The Labute approximate surface area is 197 Å². The van der Waals surface area contributed by atoms with Crippen LogP contribution in [0.15, 0.2) is 34.3 Å². The Kier molecular flexibility index (Phi) is 8.11. The molecule has 182 valence electrons. The average molecular weight is 460 g/mol. The summed E-state index contributed by atoms with van der Waals surface area (Å²) in [6.07, 6.45) is -1.40. The van der Waals surface area contributed by atoms with Crippen molar-refractivity contribution in [3.63, 3.8) is 0 Å². The van der Waals surface area contributed by atoms with Gasteiger partial charge < -0.3 is 19.3 Å². The molecule has 2 amide bonds. The standard InChI is InChI=1S/C24H37N5O4/c1-17-11-10-12-19(13-17)14-29(22(31)33-24(6,7)8)20(26-21(30)32-23(3,4)5)28-15-25-18(2)27(9)16-28/h10-13H,14-16H2,1-9H3. The Morgan fingerprint density at radius 1 is 1.09 bits per heavy atom. The molecular weight excluding hydrogens is 422 g/mol. The number of ether oxygens (including phenoxy) is 2. The third-order valence-electron chi connectivity index (χ3n) is 4.55. The van der Waals surface area contributed by atoms with Gasteiger partial charge in [0.15, 0.2) is 0 Å². The van der Waals surface area contributed by atoms with Crippen LogP contribution in [0.1, 0.15) is 59.6 Å². The maximum absolute atomic E-state index is 13.3. The molecule has 0 unspecified atom stereocenters. The lowest BCUT2D eigenvalue weighted by Gasteiger charge is -2.38. The minimum Gasteiger partial charge on any atom is -0.443 e. The minimum atomic E-state index is -0.788. The molecule has 0 atom stereocenters. The van der Waals surface area contributed by atoms with E-state index in [9.17, 15) is 9.59 Å². The summed E-state index contributed by atoms with van der Waals surface area (Å²) in [7, 11) is 1.88. The van der Waals surface area contributed by atoms with Crippen LogP contribution in [0, 0.1) is 6.92 Å². The molecule has 0 radical (unpaired) electrons. The van der Waals surface area contributed by atoms with E-state index >= 15 is 0 Å². The van der Waals surface area contributed by atoms with Gasteiger partial charge in [-0.15, -0.1) is 4.99 Å². The van der Waals surface area contributed by atoms with Crippen molar-refractivity contribution in [1.82, 2.24) is 14.7 Å². The Hall–Kier alpha value is -3.10. The molecule has 33 heavy (non-hydrogen) atoms. The molecule has 1 heterocycles. The Balaban J connectivity index is 2.54. The van der Waals surface area contributed by atoms with E-state index in [0.717, 1.165) is 17.0 Å². The van der Waals surface area contributed by atoms with Crippen LogP contribution in [0.3, 0.4) is 0 Å². The van der Waals surface area contributed by atoms with E-state index in [-0.39, 0.29) is 19.2 Å². The van der Waals surface area contributed by atoms with Crippen molar-refractivity contribution in [3.05, 3.63) is 35.4 Å². The van der Waals surface area contributed by atoms with Gasteiger partial charge in [-0.25, -0.2) is 14.5 Å². The predicted octanol–water partition coefficient (Wildman–Crippen LogP) is 4.60. The number of benzene rings is 1. The number of rotatable bonds is 2. The number of guanidine groups is 1. The fourth-order valence-electron chi connectivity index (χ4n) is 3.03. The molecule has 0 aromatic heterocycles. The molecule has 0 bridgehead atoms. The van der Waals surface area contributed by atoms with Crippen LogP contribution in [0.25, 0.3) is 0 Å². The van der Waals surface area contributed by atoms with Crippen LogP contribution in [0.5, 0.6) is 0 Å². The molecule has 0 saturated carbocycles. The van der Waals surface area contributed by atoms with E-state index < -0.39 is 23.4 Å². The van der Waals surface area contributed by atoms with Gasteiger partial charge in [0.05, 0.1) is 19.0 Å². The number of amidine groups is 1. The first-order valence-electron chi connectivity index (χ1n) is 11.0. The van der Waals surface area contributed by atoms with Crippen LogP contribution < -0.4 is 0 Å². The second-order valence-corrected chi connectivity index (χ2v) is 10.2. The average Bonchev–Trinajstić information content (AvgIpc) is 2.64. The lowest BCUT2D eigenvalue weighted by atomic mass is 10.1. The van der Waals surface area contributed by atoms with Gasteiger partial charge in [0.25, 0.3) is 0 Å². The van der Waals surface area contributed by atoms with Crippen LogP contribution in [0.2, 0.25) is 0 Å². The first kappa shape index (κ1) is 26.2. The maximum Gasteiger partial charge on any atom is 0.437 e. The first-order valence-corrected chi connectivity index (χ1v) is 11.0. The van der Waals surface area contributed by atoms with Crippen molar-refractivity contribution in [3.8, 4) is 0 Å². The zero-order valence-electron chi connectivity index (χ0n) is 21.3. The lowest BCUT2D eigenvalue weighted by Crippen LogP contribution is -2.54. The predicted molar refractivity (Wildman–Crippen MR) is 129 cm³/mol. The van der Waals surface area contributed by atoms with Gasteiger partial charge in [-0.2, -0.15) is 0 Å². The van der Waals surface area contributed by atoms with Crippen molar-refractivity contribution in [2.45, 2.75) is 73.1 Å². The second kappa shape index (κ2) is 10.2. The minimum absolute atomic E-state index is 0.128. The summed E-state index contributed by atoms with van der Waals surface area (Å²) in [5, 5.41) is 0. The number of nitrogens with zero attached hydrogens (tertiary/aromatic N) is 5. The van der Waals surface area contributed by atoms with Crippen LogP contribution in [-0.2, 0) is 16.0 Å². The number of aryl methyl sites for hydroxylation is 1. The highest BCUT2D eigenvalue weighted by atomic mass is 16.6. The summed E-state index contributed by atoms with van der Waals surface area (Å²) in [6.45, 7) is 15.4. The van der Waals surface area contributed by atoms with Crippen LogP contribution in [0.4, 0.5) is 9.59 Å². The molecule has 1 aliphatic rings. The van der Waals surface area contributed by atoms with E-state index in [1.54, 1.807) is 46.4 Å². The zero-order chi connectivity index (χ0) is 25.0. The van der Waals surface area contributed by atoms with E-state index in [1.807, 2.05) is 50.1 Å². The first-order chi connectivity index (χ1) is 15.1. The maximum atomic E-state index is 13.3. The smallest absolute Gasteiger partial charge is 0.437 e. The van der Waals surface area contributed by atoms with E-state index in [4.69, 9.17) is 9.47 Å². The molecular formula is C24H37N5O4. The molecule has 1 aromatic carbocycles. The molecule has 1 aliphatic heterocycles. The normalized spacial score (nSPS) is 15.2. The van der Waals surface area contributed by atoms with E-state index in [0.29, 0.717) is 6.67 Å². The lowest BCUT2D eigenvalue weighted by molar-refractivity contribution is 0.0329. The van der Waals surface area contributed by atoms with Gasteiger partial charge in [0, 0.05) is 7.05 Å². The van der Waals surface area contributed by atoms with Crippen molar-refractivity contribution < 1.29 is 19.1 Å².